The van der Waals surface area contributed by atoms with E-state index in [0.29, 0.717) is 37.6 Å². The summed E-state index contributed by atoms with van der Waals surface area (Å²) in [5.74, 6) is 0.370. The van der Waals surface area contributed by atoms with Crippen LogP contribution in [0.2, 0.25) is 5.02 Å². The third-order valence-corrected chi connectivity index (χ3v) is 4.48. The van der Waals surface area contributed by atoms with Crippen LogP contribution in [0.1, 0.15) is 23.7 Å². The lowest BCUT2D eigenvalue weighted by Gasteiger charge is -2.33. The number of hydrogen-bond donors (Lipinski definition) is 1. The van der Waals surface area contributed by atoms with Gasteiger partial charge in [-0.3, -0.25) is 4.79 Å². The zero-order chi connectivity index (χ0) is 16.9. The standard InChI is InChI=1S/C19H20ClNO3/c20-16-6-4-15(5-7-16)18-13-21(11-12-24-18)19(23)10-3-14-1-8-17(22)9-2-14/h1-2,4-9,18,22H,3,10-13H2. The molecule has 1 aliphatic heterocycles. The van der Waals surface area contributed by atoms with Crippen molar-refractivity contribution < 1.29 is 14.6 Å². The van der Waals surface area contributed by atoms with Gasteiger partial charge in [0.05, 0.1) is 13.2 Å². The third kappa shape index (κ3) is 4.28. The van der Waals surface area contributed by atoms with Gasteiger partial charge >= 0.3 is 0 Å². The van der Waals surface area contributed by atoms with Crippen LogP contribution in [0, 0.1) is 0 Å². The minimum absolute atomic E-state index is 0.103. The van der Waals surface area contributed by atoms with Crippen molar-refractivity contribution in [2.75, 3.05) is 19.7 Å². The number of aryl methyl sites for hydroxylation is 1. The average Bonchev–Trinajstić information content (AvgIpc) is 2.62. The molecule has 1 fully saturated rings. The summed E-state index contributed by atoms with van der Waals surface area (Å²) in [6, 6.07) is 14.5. The van der Waals surface area contributed by atoms with Crippen molar-refractivity contribution in [2.45, 2.75) is 18.9 Å². The Morgan fingerprint density at radius 1 is 1.17 bits per heavy atom. The fourth-order valence-corrected chi connectivity index (χ4v) is 2.95. The Morgan fingerprint density at radius 3 is 2.58 bits per heavy atom. The monoisotopic (exact) mass is 345 g/mol. The van der Waals surface area contributed by atoms with Crippen LogP contribution in [0.5, 0.6) is 5.75 Å². The van der Waals surface area contributed by atoms with Crippen molar-refractivity contribution in [3.63, 3.8) is 0 Å². The Balaban J connectivity index is 1.56. The van der Waals surface area contributed by atoms with E-state index in [1.807, 2.05) is 41.3 Å². The summed E-state index contributed by atoms with van der Waals surface area (Å²) in [6.07, 6.45) is 1.02. The molecule has 2 aromatic rings. The molecule has 0 aliphatic carbocycles. The number of carbonyl (C=O) groups is 1. The van der Waals surface area contributed by atoms with E-state index in [0.717, 1.165) is 11.1 Å². The first-order valence-corrected chi connectivity index (χ1v) is 8.42. The van der Waals surface area contributed by atoms with Crippen LogP contribution in [0.4, 0.5) is 0 Å². The van der Waals surface area contributed by atoms with Gasteiger partial charge in [-0.25, -0.2) is 0 Å². The number of aromatic hydroxyl groups is 1. The molecule has 0 bridgehead atoms. The number of phenols is 1. The van der Waals surface area contributed by atoms with Crippen LogP contribution >= 0.6 is 11.6 Å². The summed E-state index contributed by atoms with van der Waals surface area (Å²) in [4.78, 5) is 14.3. The van der Waals surface area contributed by atoms with Crippen molar-refractivity contribution in [3.8, 4) is 5.75 Å². The fourth-order valence-electron chi connectivity index (χ4n) is 2.83. The van der Waals surface area contributed by atoms with Gasteiger partial charge in [-0.1, -0.05) is 35.9 Å². The van der Waals surface area contributed by atoms with Gasteiger partial charge in [0.2, 0.25) is 5.91 Å². The van der Waals surface area contributed by atoms with Gasteiger partial charge in [0, 0.05) is 18.0 Å². The van der Waals surface area contributed by atoms with E-state index in [1.54, 1.807) is 12.1 Å². The topological polar surface area (TPSA) is 49.8 Å². The summed E-state index contributed by atoms with van der Waals surface area (Å²) in [5.41, 5.74) is 2.08. The van der Waals surface area contributed by atoms with Crippen molar-refractivity contribution in [1.29, 1.82) is 0 Å². The van der Waals surface area contributed by atoms with E-state index >= 15 is 0 Å². The quantitative estimate of drug-likeness (QED) is 0.921. The Bertz CT molecular complexity index is 685. The first kappa shape index (κ1) is 16.8. The maximum atomic E-state index is 12.5. The zero-order valence-corrected chi connectivity index (χ0v) is 14.1. The van der Waals surface area contributed by atoms with Gasteiger partial charge in [-0.15, -0.1) is 0 Å². The van der Waals surface area contributed by atoms with Crippen molar-refractivity contribution >= 4 is 17.5 Å². The summed E-state index contributed by atoms with van der Waals surface area (Å²) >= 11 is 5.92. The molecule has 3 rings (SSSR count). The van der Waals surface area contributed by atoms with E-state index in [-0.39, 0.29) is 17.8 Å². The number of carbonyl (C=O) groups excluding carboxylic acids is 1. The number of phenolic OH excluding ortho intramolecular Hbond substituents is 1. The highest BCUT2D eigenvalue weighted by Gasteiger charge is 2.25. The highest BCUT2D eigenvalue weighted by molar-refractivity contribution is 6.30. The third-order valence-electron chi connectivity index (χ3n) is 4.22. The molecular formula is C19H20ClNO3. The van der Waals surface area contributed by atoms with Crippen LogP contribution in [-0.2, 0) is 16.0 Å². The second-order valence-electron chi connectivity index (χ2n) is 5.92. The SMILES string of the molecule is O=C(CCc1ccc(O)cc1)N1CCOC(c2ccc(Cl)cc2)C1. The Labute approximate surface area is 146 Å². The first-order valence-electron chi connectivity index (χ1n) is 8.04. The maximum Gasteiger partial charge on any atom is 0.223 e. The number of nitrogens with zero attached hydrogens (tertiary/aromatic N) is 1. The second kappa shape index (κ2) is 7.69. The zero-order valence-electron chi connectivity index (χ0n) is 13.3. The Kier molecular flexibility index (Phi) is 5.38. The van der Waals surface area contributed by atoms with Gasteiger partial charge in [0.1, 0.15) is 11.9 Å². The van der Waals surface area contributed by atoms with Gasteiger partial charge in [0.15, 0.2) is 0 Å². The Morgan fingerprint density at radius 2 is 1.88 bits per heavy atom. The molecule has 1 saturated heterocycles. The van der Waals surface area contributed by atoms with Gasteiger partial charge < -0.3 is 14.7 Å². The van der Waals surface area contributed by atoms with Crippen LogP contribution < -0.4 is 0 Å². The van der Waals surface area contributed by atoms with Crippen LogP contribution in [0.3, 0.4) is 0 Å². The molecule has 1 aliphatic rings. The van der Waals surface area contributed by atoms with Crippen LogP contribution in [0.25, 0.3) is 0 Å². The number of ether oxygens (including phenoxy) is 1. The molecule has 0 spiro atoms. The van der Waals surface area contributed by atoms with Gasteiger partial charge in [0.25, 0.3) is 0 Å². The van der Waals surface area contributed by atoms with E-state index < -0.39 is 0 Å². The molecule has 0 aromatic heterocycles. The normalized spacial score (nSPS) is 17.7. The summed E-state index contributed by atoms with van der Waals surface area (Å²) in [5, 5.41) is 9.99. The van der Waals surface area contributed by atoms with E-state index in [9.17, 15) is 9.90 Å². The average molecular weight is 346 g/mol. The molecule has 0 radical (unpaired) electrons. The molecule has 1 N–H and O–H groups in total. The van der Waals surface area contributed by atoms with E-state index in [4.69, 9.17) is 16.3 Å². The number of benzene rings is 2. The molecule has 1 atom stereocenters. The predicted octanol–water partition coefficient (Wildman–Crippen LogP) is 3.58. The second-order valence-corrected chi connectivity index (χ2v) is 6.35. The van der Waals surface area contributed by atoms with E-state index in [2.05, 4.69) is 0 Å². The largest absolute Gasteiger partial charge is 0.508 e. The molecule has 24 heavy (non-hydrogen) atoms. The smallest absolute Gasteiger partial charge is 0.223 e. The number of halogens is 1. The van der Waals surface area contributed by atoms with Crippen LogP contribution in [0.15, 0.2) is 48.5 Å². The highest BCUT2D eigenvalue weighted by Crippen LogP contribution is 2.24. The van der Waals surface area contributed by atoms with Gasteiger partial charge in [-0.2, -0.15) is 0 Å². The molecule has 4 nitrogen and oxygen atoms in total. The van der Waals surface area contributed by atoms with Gasteiger partial charge in [-0.05, 0) is 41.8 Å². The summed E-state index contributed by atoms with van der Waals surface area (Å²) in [6.45, 7) is 1.73. The van der Waals surface area contributed by atoms with E-state index in [1.165, 1.54) is 0 Å². The molecule has 5 heteroatoms. The van der Waals surface area contributed by atoms with Crippen molar-refractivity contribution in [1.82, 2.24) is 4.90 Å². The molecule has 126 valence electrons. The first-order chi connectivity index (χ1) is 11.6. The summed E-state index contributed by atoms with van der Waals surface area (Å²) in [7, 11) is 0. The minimum atomic E-state index is -0.103. The molecule has 2 aromatic carbocycles. The summed E-state index contributed by atoms with van der Waals surface area (Å²) < 4.78 is 5.80. The number of rotatable bonds is 4. The van der Waals surface area contributed by atoms with Crippen LogP contribution in [-0.4, -0.2) is 35.6 Å². The lowest BCUT2D eigenvalue weighted by molar-refractivity contribution is -0.139. The maximum absolute atomic E-state index is 12.5. The Hall–Kier alpha value is -2.04. The number of hydrogen-bond acceptors (Lipinski definition) is 3. The molecule has 1 unspecified atom stereocenters. The number of morpholine rings is 1. The fraction of sp³-hybridized carbons (Fsp3) is 0.316. The number of amides is 1. The molecule has 1 amide bonds. The van der Waals surface area contributed by atoms with Crippen molar-refractivity contribution in [3.05, 3.63) is 64.7 Å². The molecular weight excluding hydrogens is 326 g/mol. The molecule has 1 heterocycles. The van der Waals surface area contributed by atoms with Crippen molar-refractivity contribution in [2.24, 2.45) is 0 Å². The molecule has 0 saturated carbocycles. The predicted molar refractivity (Wildman–Crippen MR) is 93.2 cm³/mol. The lowest BCUT2D eigenvalue weighted by atomic mass is 10.1. The lowest BCUT2D eigenvalue weighted by Crippen LogP contribution is -2.42. The minimum Gasteiger partial charge on any atom is -0.508 e. The highest BCUT2D eigenvalue weighted by atomic mass is 35.5.